The number of allylic oxidation sites excluding steroid dienone is 2. The zero-order chi connectivity index (χ0) is 15.6. The third-order valence-electron chi connectivity index (χ3n) is 4.05. The minimum Gasteiger partial charge on any atom is -0.207 e. The third-order valence-corrected chi connectivity index (χ3v) is 6.07. The van der Waals surface area contributed by atoms with E-state index in [1.54, 1.807) is 16.4 Å². The second kappa shape index (κ2) is 6.32. The molecule has 0 aliphatic carbocycles. The van der Waals surface area contributed by atoms with Crippen LogP contribution in [0.25, 0.3) is 0 Å². The van der Waals surface area contributed by atoms with E-state index in [2.05, 4.69) is 19.9 Å². The van der Waals surface area contributed by atoms with Crippen LogP contribution in [-0.2, 0) is 10.0 Å². The Balaban J connectivity index is 1.99. The van der Waals surface area contributed by atoms with Gasteiger partial charge in [0.05, 0.1) is 4.90 Å². The topological polar surface area (TPSA) is 37.1 Å². The Morgan fingerprint density at radius 3 is 2.43 bits per heavy atom. The van der Waals surface area contributed by atoms with E-state index in [0.29, 0.717) is 4.90 Å². The van der Waals surface area contributed by atoms with Gasteiger partial charge in [-0.2, -0.15) is 4.31 Å². The normalized spacial score (nSPS) is 24.7. The van der Waals surface area contributed by atoms with Crippen LogP contribution in [0.1, 0.15) is 45.6 Å². The lowest BCUT2D eigenvalue weighted by atomic mass is 10.1. The largest absolute Gasteiger partial charge is 0.243 e. The van der Waals surface area contributed by atoms with Crippen LogP contribution in [-0.4, -0.2) is 24.8 Å². The molecule has 116 valence electrons. The van der Waals surface area contributed by atoms with Gasteiger partial charge >= 0.3 is 0 Å². The SMILES string of the molecule is CC(C)=CCCC[C@@H]1[C@H](C)N1S(=O)(=O)c1ccc(C)cc1. The fraction of sp³-hybridized carbons (Fsp3) is 0.529. The Bertz CT molecular complexity index is 613. The van der Waals surface area contributed by atoms with Gasteiger partial charge < -0.3 is 0 Å². The van der Waals surface area contributed by atoms with E-state index in [1.165, 1.54) is 5.57 Å². The number of hydrogen-bond donors (Lipinski definition) is 0. The van der Waals surface area contributed by atoms with E-state index in [-0.39, 0.29) is 12.1 Å². The third kappa shape index (κ3) is 3.74. The van der Waals surface area contributed by atoms with E-state index in [0.717, 1.165) is 24.8 Å². The Morgan fingerprint density at radius 2 is 1.86 bits per heavy atom. The van der Waals surface area contributed by atoms with Gasteiger partial charge in [0.15, 0.2) is 0 Å². The van der Waals surface area contributed by atoms with Gasteiger partial charge in [-0.25, -0.2) is 8.42 Å². The van der Waals surface area contributed by atoms with E-state index >= 15 is 0 Å². The quantitative estimate of drug-likeness (QED) is 0.454. The molecule has 3 nitrogen and oxygen atoms in total. The molecule has 1 fully saturated rings. The predicted molar refractivity (Wildman–Crippen MR) is 86.7 cm³/mol. The first-order chi connectivity index (χ1) is 9.84. The molecule has 0 aromatic heterocycles. The van der Waals surface area contributed by atoms with E-state index < -0.39 is 10.0 Å². The Morgan fingerprint density at radius 1 is 1.24 bits per heavy atom. The molecule has 1 aromatic rings. The molecule has 2 rings (SSSR count). The maximum Gasteiger partial charge on any atom is 0.243 e. The van der Waals surface area contributed by atoms with Crippen molar-refractivity contribution in [3.8, 4) is 0 Å². The number of unbranched alkanes of at least 4 members (excludes halogenated alkanes) is 1. The van der Waals surface area contributed by atoms with Gasteiger partial charge in [0.2, 0.25) is 10.0 Å². The maximum absolute atomic E-state index is 12.6. The lowest BCUT2D eigenvalue weighted by molar-refractivity contribution is 0.540. The average Bonchev–Trinajstić information content (AvgIpc) is 3.06. The van der Waals surface area contributed by atoms with Crippen LogP contribution < -0.4 is 0 Å². The number of aryl methyl sites for hydroxylation is 1. The zero-order valence-corrected chi connectivity index (χ0v) is 14.2. The molecular weight excluding hydrogens is 282 g/mol. The van der Waals surface area contributed by atoms with Crippen molar-refractivity contribution in [1.29, 1.82) is 0 Å². The molecule has 1 heterocycles. The van der Waals surface area contributed by atoms with Gasteiger partial charge in [-0.3, -0.25) is 0 Å². The first-order valence-electron chi connectivity index (χ1n) is 7.57. The summed E-state index contributed by atoms with van der Waals surface area (Å²) in [5.74, 6) is 0. The van der Waals surface area contributed by atoms with Gasteiger partial charge in [0.25, 0.3) is 0 Å². The van der Waals surface area contributed by atoms with Gasteiger partial charge in [0, 0.05) is 12.1 Å². The van der Waals surface area contributed by atoms with Gasteiger partial charge in [-0.05, 0) is 59.1 Å². The summed E-state index contributed by atoms with van der Waals surface area (Å²) >= 11 is 0. The minimum atomic E-state index is -3.32. The van der Waals surface area contributed by atoms with Crippen molar-refractivity contribution in [3.63, 3.8) is 0 Å². The van der Waals surface area contributed by atoms with E-state index in [1.807, 2.05) is 26.0 Å². The summed E-state index contributed by atoms with van der Waals surface area (Å²) < 4.78 is 26.8. The Hall–Kier alpha value is -1.13. The molecule has 0 radical (unpaired) electrons. The summed E-state index contributed by atoms with van der Waals surface area (Å²) in [6, 6.07) is 7.41. The molecule has 1 saturated heterocycles. The number of hydrogen-bond acceptors (Lipinski definition) is 2. The van der Waals surface area contributed by atoms with Crippen LogP contribution in [0.2, 0.25) is 0 Å². The fourth-order valence-corrected chi connectivity index (χ4v) is 4.58. The highest BCUT2D eigenvalue weighted by Gasteiger charge is 2.51. The predicted octanol–water partition coefficient (Wildman–Crippen LogP) is 3.89. The molecule has 1 aromatic carbocycles. The summed E-state index contributed by atoms with van der Waals surface area (Å²) in [7, 11) is -3.32. The first kappa shape index (κ1) is 16.2. The summed E-state index contributed by atoms with van der Waals surface area (Å²) in [5, 5.41) is 0. The summed E-state index contributed by atoms with van der Waals surface area (Å²) in [4.78, 5) is 0.409. The molecule has 0 bridgehead atoms. The maximum atomic E-state index is 12.6. The number of sulfonamides is 1. The lowest BCUT2D eigenvalue weighted by Crippen LogP contribution is -2.15. The van der Waals surface area contributed by atoms with E-state index in [4.69, 9.17) is 0 Å². The van der Waals surface area contributed by atoms with Crippen molar-refractivity contribution in [2.24, 2.45) is 0 Å². The molecule has 3 atom stereocenters. The van der Waals surface area contributed by atoms with Gasteiger partial charge in [-0.1, -0.05) is 29.3 Å². The average molecular weight is 307 g/mol. The van der Waals surface area contributed by atoms with Crippen LogP contribution in [0, 0.1) is 6.92 Å². The van der Waals surface area contributed by atoms with Crippen molar-refractivity contribution in [2.75, 3.05) is 0 Å². The van der Waals surface area contributed by atoms with Crippen LogP contribution >= 0.6 is 0 Å². The number of benzene rings is 1. The molecule has 4 heteroatoms. The van der Waals surface area contributed by atoms with Crippen molar-refractivity contribution < 1.29 is 8.42 Å². The molecule has 0 spiro atoms. The molecule has 1 aliphatic rings. The van der Waals surface area contributed by atoms with Crippen LogP contribution in [0.15, 0.2) is 40.8 Å². The van der Waals surface area contributed by atoms with Crippen LogP contribution in [0.4, 0.5) is 0 Å². The highest BCUT2D eigenvalue weighted by atomic mass is 32.2. The highest BCUT2D eigenvalue weighted by molar-refractivity contribution is 7.89. The first-order valence-corrected chi connectivity index (χ1v) is 9.01. The molecule has 21 heavy (non-hydrogen) atoms. The monoisotopic (exact) mass is 307 g/mol. The van der Waals surface area contributed by atoms with Crippen LogP contribution in [0.3, 0.4) is 0 Å². The van der Waals surface area contributed by atoms with Crippen molar-refractivity contribution in [1.82, 2.24) is 4.31 Å². The molecule has 0 amide bonds. The highest BCUT2D eigenvalue weighted by Crippen LogP contribution is 2.38. The smallest absolute Gasteiger partial charge is 0.207 e. The van der Waals surface area contributed by atoms with Crippen molar-refractivity contribution in [3.05, 3.63) is 41.5 Å². The Labute approximate surface area is 128 Å². The van der Waals surface area contributed by atoms with Crippen molar-refractivity contribution >= 4 is 10.0 Å². The summed E-state index contributed by atoms with van der Waals surface area (Å²) in [6.07, 6.45) is 5.23. The number of rotatable bonds is 6. The van der Waals surface area contributed by atoms with Gasteiger partial charge in [-0.15, -0.1) is 0 Å². The number of nitrogens with zero attached hydrogens (tertiary/aromatic N) is 1. The lowest BCUT2D eigenvalue weighted by Gasteiger charge is -2.07. The molecular formula is C17H25NO2S. The molecule has 0 saturated carbocycles. The van der Waals surface area contributed by atoms with Crippen LogP contribution in [0.5, 0.6) is 0 Å². The van der Waals surface area contributed by atoms with Gasteiger partial charge in [0.1, 0.15) is 0 Å². The second-order valence-corrected chi connectivity index (χ2v) is 8.01. The van der Waals surface area contributed by atoms with E-state index in [9.17, 15) is 8.42 Å². The Kier molecular flexibility index (Phi) is 4.89. The molecule has 1 unspecified atom stereocenters. The summed E-state index contributed by atoms with van der Waals surface area (Å²) in [5.41, 5.74) is 2.40. The fourth-order valence-electron chi connectivity index (χ4n) is 2.70. The minimum absolute atomic E-state index is 0.128. The summed E-state index contributed by atoms with van der Waals surface area (Å²) in [6.45, 7) is 8.14. The zero-order valence-electron chi connectivity index (χ0n) is 13.3. The van der Waals surface area contributed by atoms with Crippen molar-refractivity contribution in [2.45, 2.75) is 63.9 Å². The second-order valence-electron chi connectivity index (χ2n) is 6.17. The molecule has 0 N–H and O–H groups in total. The standard InChI is InChI=1S/C17H25NO2S/c1-13(2)7-5-6-8-17-15(4)18(17)21(19,20)16-11-9-14(3)10-12-16/h7,9-12,15,17H,5-6,8H2,1-4H3/t15-,17+,18?/m0/s1. The molecule has 1 aliphatic heterocycles.